The number of benzene rings is 1. The lowest BCUT2D eigenvalue weighted by atomic mass is 10.0. The molecule has 1 saturated carbocycles. The summed E-state index contributed by atoms with van der Waals surface area (Å²) >= 11 is 0. The second-order valence-electron chi connectivity index (χ2n) is 6.42. The highest BCUT2D eigenvalue weighted by Gasteiger charge is 2.44. The number of carbonyl (C=O) groups is 2. The summed E-state index contributed by atoms with van der Waals surface area (Å²) in [5.41, 5.74) is 2.38. The molecule has 0 spiro atoms. The van der Waals surface area contributed by atoms with Crippen molar-refractivity contribution >= 4 is 11.8 Å². The van der Waals surface area contributed by atoms with Gasteiger partial charge in [0.1, 0.15) is 6.04 Å². The van der Waals surface area contributed by atoms with Gasteiger partial charge in [-0.3, -0.25) is 9.59 Å². The van der Waals surface area contributed by atoms with Crippen LogP contribution in [0.3, 0.4) is 0 Å². The van der Waals surface area contributed by atoms with Crippen molar-refractivity contribution in [3.05, 3.63) is 35.4 Å². The molecule has 21 heavy (non-hydrogen) atoms. The molecular formula is C17H22N2O2. The summed E-state index contributed by atoms with van der Waals surface area (Å²) < 4.78 is 0. The number of hydrogen-bond donors (Lipinski definition) is 1. The van der Waals surface area contributed by atoms with Crippen LogP contribution in [0, 0.1) is 5.92 Å². The quantitative estimate of drug-likeness (QED) is 0.921. The van der Waals surface area contributed by atoms with Gasteiger partial charge in [0.25, 0.3) is 0 Å². The highest BCUT2D eigenvalue weighted by molar-refractivity contribution is 5.95. The normalized spacial score (nSPS) is 22.6. The van der Waals surface area contributed by atoms with Crippen LogP contribution in [-0.2, 0) is 16.1 Å². The van der Waals surface area contributed by atoms with Gasteiger partial charge < -0.3 is 10.2 Å². The molecule has 112 valence electrons. The van der Waals surface area contributed by atoms with E-state index in [9.17, 15) is 9.59 Å². The van der Waals surface area contributed by atoms with Gasteiger partial charge in [-0.05, 0) is 35.8 Å². The number of carbonyl (C=O) groups excluding carboxylic acids is 2. The third-order valence-electron chi connectivity index (χ3n) is 4.41. The molecule has 1 saturated heterocycles. The van der Waals surface area contributed by atoms with Gasteiger partial charge in [-0.15, -0.1) is 0 Å². The molecule has 1 aliphatic carbocycles. The topological polar surface area (TPSA) is 49.4 Å². The second-order valence-corrected chi connectivity index (χ2v) is 6.42. The summed E-state index contributed by atoms with van der Waals surface area (Å²) in [6.45, 7) is 4.99. The number of nitrogens with one attached hydrogen (secondary N) is 1. The first-order valence-electron chi connectivity index (χ1n) is 7.72. The minimum absolute atomic E-state index is 0.0101. The zero-order valence-corrected chi connectivity index (χ0v) is 12.6. The standard InChI is InChI=1S/C17H22N2O2/c1-11(2)13-5-3-12(4-6-13)10-19-15(20)9-18-17(21)16(19)14-7-8-14/h3-6,11,14,16H,7-10H2,1-2H3,(H,18,21). The first-order valence-corrected chi connectivity index (χ1v) is 7.72. The maximum atomic E-state index is 12.2. The first kappa shape index (κ1) is 14.1. The molecule has 1 heterocycles. The fourth-order valence-electron chi connectivity index (χ4n) is 2.94. The average Bonchev–Trinajstić information content (AvgIpc) is 3.28. The summed E-state index contributed by atoms with van der Waals surface area (Å²) in [6.07, 6.45) is 2.10. The molecule has 1 aromatic rings. The van der Waals surface area contributed by atoms with Crippen LogP contribution in [-0.4, -0.2) is 29.3 Å². The summed E-state index contributed by atoms with van der Waals surface area (Å²) in [6, 6.07) is 8.09. The molecule has 2 aliphatic rings. The predicted octanol–water partition coefficient (Wildman–Crippen LogP) is 2.05. The lowest BCUT2D eigenvalue weighted by Crippen LogP contribution is -2.58. The monoisotopic (exact) mass is 286 g/mol. The SMILES string of the molecule is CC(C)c1ccc(CN2C(=O)CNC(=O)C2C2CC2)cc1. The van der Waals surface area contributed by atoms with E-state index in [0.717, 1.165) is 18.4 Å². The summed E-state index contributed by atoms with van der Waals surface area (Å²) in [5, 5.41) is 2.71. The maximum absolute atomic E-state index is 12.2. The molecule has 2 amide bonds. The largest absolute Gasteiger partial charge is 0.345 e. The Hall–Kier alpha value is -1.84. The van der Waals surface area contributed by atoms with Crippen molar-refractivity contribution in [3.63, 3.8) is 0 Å². The number of nitrogens with zero attached hydrogens (tertiary/aromatic N) is 1. The zero-order valence-electron chi connectivity index (χ0n) is 12.6. The summed E-state index contributed by atoms with van der Waals surface area (Å²) in [4.78, 5) is 26.0. The number of rotatable bonds is 4. The van der Waals surface area contributed by atoms with E-state index in [4.69, 9.17) is 0 Å². The van der Waals surface area contributed by atoms with Gasteiger partial charge in [-0.1, -0.05) is 38.1 Å². The minimum Gasteiger partial charge on any atom is -0.345 e. The lowest BCUT2D eigenvalue weighted by Gasteiger charge is -2.35. The molecule has 1 N–H and O–H groups in total. The molecular weight excluding hydrogens is 264 g/mol. The zero-order chi connectivity index (χ0) is 15.0. The Balaban J connectivity index is 1.77. The van der Waals surface area contributed by atoms with E-state index < -0.39 is 0 Å². The van der Waals surface area contributed by atoms with Crippen LogP contribution in [0.15, 0.2) is 24.3 Å². The van der Waals surface area contributed by atoms with E-state index in [-0.39, 0.29) is 24.4 Å². The van der Waals surface area contributed by atoms with Gasteiger partial charge in [0.15, 0.2) is 0 Å². The lowest BCUT2D eigenvalue weighted by molar-refractivity contribution is -0.147. The highest BCUT2D eigenvalue weighted by atomic mass is 16.2. The van der Waals surface area contributed by atoms with E-state index >= 15 is 0 Å². The molecule has 0 radical (unpaired) electrons. The average molecular weight is 286 g/mol. The van der Waals surface area contributed by atoms with Crippen molar-refractivity contribution in [1.29, 1.82) is 0 Å². The Labute approximate surface area is 125 Å². The third kappa shape index (κ3) is 2.94. The number of piperazine rings is 1. The minimum atomic E-state index is -0.268. The van der Waals surface area contributed by atoms with Gasteiger partial charge in [-0.25, -0.2) is 0 Å². The smallest absolute Gasteiger partial charge is 0.243 e. The Bertz CT molecular complexity index is 546. The van der Waals surface area contributed by atoms with Crippen molar-refractivity contribution in [1.82, 2.24) is 10.2 Å². The molecule has 1 aromatic carbocycles. The van der Waals surface area contributed by atoms with Gasteiger partial charge in [-0.2, -0.15) is 0 Å². The van der Waals surface area contributed by atoms with Crippen LogP contribution in [0.25, 0.3) is 0 Å². The van der Waals surface area contributed by atoms with E-state index in [1.807, 2.05) is 0 Å². The fraction of sp³-hybridized carbons (Fsp3) is 0.529. The molecule has 1 aliphatic heterocycles. The molecule has 0 bridgehead atoms. The third-order valence-corrected chi connectivity index (χ3v) is 4.41. The summed E-state index contributed by atoms with van der Waals surface area (Å²) in [7, 11) is 0. The van der Waals surface area contributed by atoms with Gasteiger partial charge in [0.2, 0.25) is 11.8 Å². The van der Waals surface area contributed by atoms with Crippen molar-refractivity contribution in [2.45, 2.75) is 45.2 Å². The van der Waals surface area contributed by atoms with Crippen LogP contribution in [0.2, 0.25) is 0 Å². The summed E-state index contributed by atoms with van der Waals surface area (Å²) in [5.74, 6) is 0.889. The van der Waals surface area contributed by atoms with Crippen LogP contribution >= 0.6 is 0 Å². The van der Waals surface area contributed by atoms with Crippen LogP contribution < -0.4 is 5.32 Å². The van der Waals surface area contributed by atoms with Crippen LogP contribution in [0.4, 0.5) is 0 Å². The van der Waals surface area contributed by atoms with Crippen molar-refractivity contribution < 1.29 is 9.59 Å². The Kier molecular flexibility index (Phi) is 3.70. The Morgan fingerprint density at radius 3 is 2.43 bits per heavy atom. The molecule has 4 heteroatoms. The first-order chi connectivity index (χ1) is 10.1. The van der Waals surface area contributed by atoms with Crippen molar-refractivity contribution in [3.8, 4) is 0 Å². The molecule has 1 unspecified atom stereocenters. The Morgan fingerprint density at radius 1 is 1.19 bits per heavy atom. The molecule has 4 nitrogen and oxygen atoms in total. The fourth-order valence-corrected chi connectivity index (χ4v) is 2.94. The Morgan fingerprint density at radius 2 is 1.86 bits per heavy atom. The molecule has 3 rings (SSSR count). The molecule has 1 atom stereocenters. The van der Waals surface area contributed by atoms with Crippen molar-refractivity contribution in [2.75, 3.05) is 6.54 Å². The van der Waals surface area contributed by atoms with E-state index in [2.05, 4.69) is 43.4 Å². The highest BCUT2D eigenvalue weighted by Crippen LogP contribution is 2.37. The van der Waals surface area contributed by atoms with Crippen molar-refractivity contribution in [2.24, 2.45) is 5.92 Å². The number of amides is 2. The number of hydrogen-bond acceptors (Lipinski definition) is 2. The maximum Gasteiger partial charge on any atom is 0.243 e. The van der Waals surface area contributed by atoms with Gasteiger partial charge >= 0.3 is 0 Å². The van der Waals surface area contributed by atoms with E-state index in [1.165, 1.54) is 5.56 Å². The van der Waals surface area contributed by atoms with Gasteiger partial charge in [0, 0.05) is 6.54 Å². The van der Waals surface area contributed by atoms with Gasteiger partial charge in [0.05, 0.1) is 6.54 Å². The van der Waals surface area contributed by atoms with Crippen LogP contribution in [0.1, 0.15) is 43.7 Å². The second kappa shape index (κ2) is 5.51. The predicted molar refractivity (Wildman–Crippen MR) is 80.6 cm³/mol. The van der Waals surface area contributed by atoms with E-state index in [0.29, 0.717) is 18.4 Å². The molecule has 2 fully saturated rings. The molecule has 0 aromatic heterocycles. The van der Waals surface area contributed by atoms with E-state index in [1.54, 1.807) is 4.90 Å². The van der Waals surface area contributed by atoms with Crippen LogP contribution in [0.5, 0.6) is 0 Å².